The number of carbonyl (C=O) groups is 1. The standard InChI is InChI=1S/C10H15N5O3/c1-8-4-11-2-3-14(8)10(16)7-13-6-9(5-12-13)15(17)18/h5-6,8,11H,2-4,7H2,1H3/t8-/m1/s1. The van der Waals surface area contributed by atoms with Crippen molar-refractivity contribution in [2.75, 3.05) is 19.6 Å². The van der Waals surface area contributed by atoms with Crippen LogP contribution in [0.4, 0.5) is 5.69 Å². The lowest BCUT2D eigenvalue weighted by Crippen LogP contribution is -2.53. The molecule has 1 aromatic rings. The molecular weight excluding hydrogens is 238 g/mol. The second kappa shape index (κ2) is 5.13. The molecule has 0 saturated carbocycles. The molecule has 2 heterocycles. The van der Waals surface area contributed by atoms with Crippen LogP contribution in [0, 0.1) is 10.1 Å². The highest BCUT2D eigenvalue weighted by molar-refractivity contribution is 5.76. The first kappa shape index (κ1) is 12.5. The van der Waals surface area contributed by atoms with Crippen LogP contribution in [0.15, 0.2) is 12.4 Å². The van der Waals surface area contributed by atoms with Crippen LogP contribution in [0.5, 0.6) is 0 Å². The summed E-state index contributed by atoms with van der Waals surface area (Å²) < 4.78 is 1.30. The fourth-order valence-corrected chi connectivity index (χ4v) is 1.97. The van der Waals surface area contributed by atoms with E-state index in [0.717, 1.165) is 19.3 Å². The van der Waals surface area contributed by atoms with Gasteiger partial charge in [0.25, 0.3) is 0 Å². The fraction of sp³-hybridized carbons (Fsp3) is 0.600. The van der Waals surface area contributed by atoms with Gasteiger partial charge in [-0.25, -0.2) is 0 Å². The van der Waals surface area contributed by atoms with Gasteiger partial charge in [0.2, 0.25) is 5.91 Å². The third kappa shape index (κ3) is 2.65. The number of piperazine rings is 1. The first-order chi connectivity index (χ1) is 8.58. The van der Waals surface area contributed by atoms with E-state index in [1.807, 2.05) is 6.92 Å². The molecule has 1 aliphatic heterocycles. The Morgan fingerprint density at radius 2 is 2.50 bits per heavy atom. The van der Waals surface area contributed by atoms with E-state index in [0.29, 0.717) is 6.54 Å². The molecule has 1 N–H and O–H groups in total. The zero-order valence-corrected chi connectivity index (χ0v) is 10.1. The Balaban J connectivity index is 1.99. The Bertz CT molecular complexity index is 458. The molecule has 0 aliphatic carbocycles. The van der Waals surface area contributed by atoms with Crippen LogP contribution in [0.3, 0.4) is 0 Å². The number of nitro groups is 1. The molecule has 2 rings (SSSR count). The summed E-state index contributed by atoms with van der Waals surface area (Å²) >= 11 is 0. The number of nitrogens with zero attached hydrogens (tertiary/aromatic N) is 4. The molecule has 0 radical (unpaired) electrons. The molecule has 1 aliphatic rings. The maximum absolute atomic E-state index is 12.0. The van der Waals surface area contributed by atoms with Crippen molar-refractivity contribution in [3.05, 3.63) is 22.5 Å². The van der Waals surface area contributed by atoms with E-state index in [1.165, 1.54) is 10.9 Å². The summed E-state index contributed by atoms with van der Waals surface area (Å²) in [6.45, 7) is 4.21. The molecule has 1 atom stereocenters. The second-order valence-corrected chi connectivity index (χ2v) is 4.29. The zero-order chi connectivity index (χ0) is 13.1. The molecule has 8 heteroatoms. The van der Waals surface area contributed by atoms with Gasteiger partial charge >= 0.3 is 5.69 Å². The molecular formula is C10H15N5O3. The third-order valence-corrected chi connectivity index (χ3v) is 2.95. The van der Waals surface area contributed by atoms with Gasteiger partial charge in [-0.1, -0.05) is 0 Å². The largest absolute Gasteiger partial charge is 0.336 e. The van der Waals surface area contributed by atoms with Gasteiger partial charge in [-0.05, 0) is 6.92 Å². The average molecular weight is 253 g/mol. The molecule has 18 heavy (non-hydrogen) atoms. The maximum atomic E-state index is 12.0. The number of rotatable bonds is 3. The summed E-state index contributed by atoms with van der Waals surface area (Å²) in [5.74, 6) is -0.0676. The minimum atomic E-state index is -0.526. The molecule has 0 spiro atoms. The summed E-state index contributed by atoms with van der Waals surface area (Å²) in [6.07, 6.45) is 2.42. The van der Waals surface area contributed by atoms with Crippen LogP contribution in [0.1, 0.15) is 6.92 Å². The lowest BCUT2D eigenvalue weighted by Gasteiger charge is -2.33. The van der Waals surface area contributed by atoms with Crippen LogP contribution in [-0.4, -0.2) is 51.2 Å². The smallest absolute Gasteiger partial charge is 0.307 e. The summed E-state index contributed by atoms with van der Waals surface area (Å²) in [5.41, 5.74) is -0.101. The highest BCUT2D eigenvalue weighted by Crippen LogP contribution is 2.09. The Morgan fingerprint density at radius 1 is 1.72 bits per heavy atom. The first-order valence-corrected chi connectivity index (χ1v) is 5.75. The van der Waals surface area contributed by atoms with Crippen molar-refractivity contribution in [3.8, 4) is 0 Å². The van der Waals surface area contributed by atoms with Crippen molar-refractivity contribution in [1.29, 1.82) is 0 Å². The monoisotopic (exact) mass is 253 g/mol. The van der Waals surface area contributed by atoms with Gasteiger partial charge in [0.1, 0.15) is 18.9 Å². The van der Waals surface area contributed by atoms with E-state index >= 15 is 0 Å². The Kier molecular flexibility index (Phi) is 3.56. The van der Waals surface area contributed by atoms with Crippen LogP contribution < -0.4 is 5.32 Å². The number of aromatic nitrogens is 2. The molecule has 0 unspecified atom stereocenters. The van der Waals surface area contributed by atoms with Crippen molar-refractivity contribution >= 4 is 11.6 Å². The van der Waals surface area contributed by atoms with Crippen LogP contribution >= 0.6 is 0 Å². The van der Waals surface area contributed by atoms with E-state index in [2.05, 4.69) is 10.4 Å². The van der Waals surface area contributed by atoms with Gasteiger partial charge in [0, 0.05) is 25.7 Å². The number of hydrogen-bond acceptors (Lipinski definition) is 5. The normalized spacial score (nSPS) is 19.8. The highest BCUT2D eigenvalue weighted by atomic mass is 16.6. The summed E-state index contributed by atoms with van der Waals surface area (Å²) in [5, 5.41) is 17.5. The second-order valence-electron chi connectivity index (χ2n) is 4.29. The van der Waals surface area contributed by atoms with Gasteiger partial charge in [0.05, 0.1) is 4.92 Å². The van der Waals surface area contributed by atoms with Gasteiger partial charge in [-0.15, -0.1) is 0 Å². The van der Waals surface area contributed by atoms with Crippen molar-refractivity contribution in [1.82, 2.24) is 20.0 Å². The first-order valence-electron chi connectivity index (χ1n) is 5.75. The number of hydrogen-bond donors (Lipinski definition) is 1. The van der Waals surface area contributed by atoms with E-state index in [1.54, 1.807) is 4.90 Å². The molecule has 0 bridgehead atoms. The van der Waals surface area contributed by atoms with E-state index in [-0.39, 0.29) is 24.2 Å². The van der Waals surface area contributed by atoms with Gasteiger partial charge in [-0.3, -0.25) is 19.6 Å². The van der Waals surface area contributed by atoms with Crippen molar-refractivity contribution in [3.63, 3.8) is 0 Å². The summed E-state index contributed by atoms with van der Waals surface area (Å²) in [6, 6.07) is 0.136. The third-order valence-electron chi connectivity index (χ3n) is 2.95. The van der Waals surface area contributed by atoms with E-state index < -0.39 is 4.92 Å². The van der Waals surface area contributed by atoms with Crippen LogP contribution in [-0.2, 0) is 11.3 Å². The quantitative estimate of drug-likeness (QED) is 0.585. The Morgan fingerprint density at radius 3 is 3.11 bits per heavy atom. The lowest BCUT2D eigenvalue weighted by atomic mass is 10.2. The molecule has 1 amide bonds. The van der Waals surface area contributed by atoms with Crippen molar-refractivity contribution < 1.29 is 9.72 Å². The van der Waals surface area contributed by atoms with Crippen LogP contribution in [0.25, 0.3) is 0 Å². The maximum Gasteiger partial charge on any atom is 0.307 e. The zero-order valence-electron chi connectivity index (χ0n) is 10.1. The predicted molar refractivity (Wildman–Crippen MR) is 62.9 cm³/mol. The summed E-state index contributed by atoms with van der Waals surface area (Å²) in [7, 11) is 0. The number of amides is 1. The molecule has 8 nitrogen and oxygen atoms in total. The molecule has 1 fully saturated rings. The highest BCUT2D eigenvalue weighted by Gasteiger charge is 2.23. The molecule has 1 aromatic heterocycles. The minimum Gasteiger partial charge on any atom is -0.336 e. The van der Waals surface area contributed by atoms with Gasteiger partial charge in [0.15, 0.2) is 0 Å². The van der Waals surface area contributed by atoms with E-state index in [4.69, 9.17) is 0 Å². The predicted octanol–water partition coefficient (Wildman–Crippen LogP) is -0.388. The number of nitrogens with one attached hydrogen (secondary N) is 1. The Hall–Kier alpha value is -1.96. The van der Waals surface area contributed by atoms with Crippen LogP contribution in [0.2, 0.25) is 0 Å². The SMILES string of the molecule is C[C@@H]1CNCCN1C(=O)Cn1cc([N+](=O)[O-])cn1. The topological polar surface area (TPSA) is 93.3 Å². The lowest BCUT2D eigenvalue weighted by molar-refractivity contribution is -0.385. The van der Waals surface area contributed by atoms with Crippen molar-refractivity contribution in [2.24, 2.45) is 0 Å². The fourth-order valence-electron chi connectivity index (χ4n) is 1.97. The van der Waals surface area contributed by atoms with Gasteiger partial charge in [-0.2, -0.15) is 5.10 Å². The molecule has 98 valence electrons. The Labute approximate surface area is 104 Å². The average Bonchev–Trinajstić information content (AvgIpc) is 2.78. The van der Waals surface area contributed by atoms with Gasteiger partial charge < -0.3 is 10.2 Å². The minimum absolute atomic E-state index is 0.0399. The van der Waals surface area contributed by atoms with E-state index in [9.17, 15) is 14.9 Å². The molecule has 1 saturated heterocycles. The molecule has 0 aromatic carbocycles. The number of carbonyl (C=O) groups excluding carboxylic acids is 1. The summed E-state index contributed by atoms with van der Waals surface area (Å²) in [4.78, 5) is 23.8. The van der Waals surface area contributed by atoms with Crippen molar-refractivity contribution in [2.45, 2.75) is 19.5 Å².